The van der Waals surface area contributed by atoms with E-state index in [0.29, 0.717) is 17.5 Å². The fraction of sp³-hybridized carbons (Fsp3) is 0. The van der Waals surface area contributed by atoms with E-state index in [-0.39, 0.29) is 0 Å². The van der Waals surface area contributed by atoms with Crippen molar-refractivity contribution < 1.29 is 4.42 Å². The summed E-state index contributed by atoms with van der Waals surface area (Å²) < 4.78 is 11.5. The van der Waals surface area contributed by atoms with Gasteiger partial charge >= 0.3 is 0 Å². The topological polar surface area (TPSA) is 61.7 Å². The molecule has 266 valence electrons. The standard InChI is InChI=1S/C51H31N5O/c1-3-14-32(15-4-1)49-52-50(33-16-5-2-6-17-33)54-51(53-49)34-18-13-19-35(30-34)56-45-31-36(55-43-23-10-7-20-37(43)38-21-8-11-24-44(38)55)26-27-39(45)41-28-29-42-40-22-9-12-25-46(40)57-48(42)47(41)56/h1-31H. The Morgan fingerprint density at radius 2 is 0.842 bits per heavy atom. The number of para-hydroxylation sites is 3. The molecule has 4 aromatic heterocycles. The number of nitrogens with zero attached hydrogens (tertiary/aromatic N) is 5. The number of rotatable bonds is 5. The van der Waals surface area contributed by atoms with Crippen molar-refractivity contribution in [3.8, 4) is 45.5 Å². The Hall–Kier alpha value is -7.83. The fourth-order valence-electron chi connectivity index (χ4n) is 8.60. The van der Waals surface area contributed by atoms with E-state index in [1.165, 1.54) is 21.8 Å². The predicted molar refractivity (Wildman–Crippen MR) is 232 cm³/mol. The van der Waals surface area contributed by atoms with Gasteiger partial charge in [-0.25, -0.2) is 15.0 Å². The van der Waals surface area contributed by atoms with Crippen LogP contribution < -0.4 is 0 Å². The van der Waals surface area contributed by atoms with Crippen LogP contribution in [0.1, 0.15) is 0 Å². The molecule has 0 spiro atoms. The fourth-order valence-corrected chi connectivity index (χ4v) is 8.60. The molecule has 0 unspecified atom stereocenters. The Morgan fingerprint density at radius 3 is 1.53 bits per heavy atom. The van der Waals surface area contributed by atoms with Crippen molar-refractivity contribution >= 4 is 65.6 Å². The second-order valence-electron chi connectivity index (χ2n) is 14.4. The second-order valence-corrected chi connectivity index (χ2v) is 14.4. The first-order chi connectivity index (χ1) is 28.3. The molecule has 0 atom stereocenters. The zero-order valence-electron chi connectivity index (χ0n) is 30.5. The van der Waals surface area contributed by atoms with Gasteiger partial charge in [0.15, 0.2) is 23.1 Å². The molecule has 0 saturated heterocycles. The summed E-state index contributed by atoms with van der Waals surface area (Å²) in [6, 6.07) is 65.6. The molecule has 6 heteroatoms. The highest BCUT2D eigenvalue weighted by molar-refractivity contribution is 6.22. The molecule has 12 rings (SSSR count). The van der Waals surface area contributed by atoms with E-state index in [1.807, 2.05) is 72.8 Å². The number of hydrogen-bond donors (Lipinski definition) is 0. The summed E-state index contributed by atoms with van der Waals surface area (Å²) in [7, 11) is 0. The SMILES string of the molecule is c1ccc(-c2nc(-c3ccccc3)nc(-c3cccc(-n4c5cc(-n6c7ccccc7c7ccccc76)ccc5c5ccc6c7ccccc7oc6c54)c3)n2)cc1. The Morgan fingerprint density at radius 1 is 0.333 bits per heavy atom. The van der Waals surface area contributed by atoms with Crippen molar-refractivity contribution in [1.29, 1.82) is 0 Å². The largest absolute Gasteiger partial charge is 0.454 e. The third-order valence-electron chi connectivity index (χ3n) is 11.2. The summed E-state index contributed by atoms with van der Waals surface area (Å²) in [6.45, 7) is 0. The van der Waals surface area contributed by atoms with Crippen molar-refractivity contribution in [2.75, 3.05) is 0 Å². The van der Waals surface area contributed by atoms with Gasteiger partial charge in [0, 0.05) is 60.4 Å². The van der Waals surface area contributed by atoms with Gasteiger partial charge in [0.25, 0.3) is 0 Å². The molecule has 0 N–H and O–H groups in total. The molecule has 0 radical (unpaired) electrons. The molecule has 0 aliphatic rings. The molecule has 12 aromatic rings. The third-order valence-corrected chi connectivity index (χ3v) is 11.2. The van der Waals surface area contributed by atoms with Gasteiger partial charge in [0.2, 0.25) is 0 Å². The van der Waals surface area contributed by atoms with E-state index >= 15 is 0 Å². The molecule has 8 aromatic carbocycles. The van der Waals surface area contributed by atoms with Gasteiger partial charge < -0.3 is 13.6 Å². The number of benzene rings is 8. The lowest BCUT2D eigenvalue weighted by Gasteiger charge is -2.13. The molecule has 0 fully saturated rings. The molecule has 0 aliphatic carbocycles. The van der Waals surface area contributed by atoms with Gasteiger partial charge in [0.05, 0.1) is 22.1 Å². The van der Waals surface area contributed by atoms with Gasteiger partial charge in [-0.2, -0.15) is 0 Å². The predicted octanol–water partition coefficient (Wildman–Crippen LogP) is 13.0. The van der Waals surface area contributed by atoms with Crippen molar-refractivity contribution in [2.45, 2.75) is 0 Å². The van der Waals surface area contributed by atoms with Gasteiger partial charge in [0.1, 0.15) is 5.58 Å². The molecule has 0 aliphatic heterocycles. The average Bonchev–Trinajstić information content (AvgIpc) is 3.94. The molecule has 0 bridgehead atoms. The summed E-state index contributed by atoms with van der Waals surface area (Å²) in [5.41, 5.74) is 10.9. The first-order valence-corrected chi connectivity index (χ1v) is 19.1. The lowest BCUT2D eigenvalue weighted by atomic mass is 10.1. The van der Waals surface area contributed by atoms with Crippen LogP contribution in [0, 0.1) is 0 Å². The second kappa shape index (κ2) is 12.3. The van der Waals surface area contributed by atoms with Crippen LogP contribution in [-0.4, -0.2) is 24.1 Å². The number of fused-ring (bicyclic) bond motifs is 10. The van der Waals surface area contributed by atoms with Crippen molar-refractivity contribution in [3.63, 3.8) is 0 Å². The van der Waals surface area contributed by atoms with Crippen LogP contribution in [0.2, 0.25) is 0 Å². The minimum atomic E-state index is 0.602. The van der Waals surface area contributed by atoms with Gasteiger partial charge in [-0.1, -0.05) is 140 Å². The average molecular weight is 730 g/mol. The van der Waals surface area contributed by atoms with Crippen molar-refractivity contribution in [1.82, 2.24) is 24.1 Å². The summed E-state index contributed by atoms with van der Waals surface area (Å²) in [5.74, 6) is 1.85. The highest BCUT2D eigenvalue weighted by atomic mass is 16.3. The number of aromatic nitrogens is 5. The zero-order valence-corrected chi connectivity index (χ0v) is 30.5. The summed E-state index contributed by atoms with van der Waals surface area (Å²) >= 11 is 0. The first-order valence-electron chi connectivity index (χ1n) is 19.1. The summed E-state index contributed by atoms with van der Waals surface area (Å²) in [5, 5.41) is 6.89. The van der Waals surface area contributed by atoms with E-state index in [4.69, 9.17) is 19.4 Å². The number of hydrogen-bond acceptors (Lipinski definition) is 4. The highest BCUT2D eigenvalue weighted by Crippen LogP contribution is 2.42. The minimum Gasteiger partial charge on any atom is -0.454 e. The van der Waals surface area contributed by atoms with Gasteiger partial charge in [-0.05, 0) is 48.5 Å². The molecular weight excluding hydrogens is 699 g/mol. The van der Waals surface area contributed by atoms with E-state index < -0.39 is 0 Å². The number of furan rings is 1. The van der Waals surface area contributed by atoms with Crippen LogP contribution in [0.25, 0.3) is 111 Å². The smallest absolute Gasteiger partial charge is 0.164 e. The Balaban J connectivity index is 1.14. The molecular formula is C51H31N5O. The van der Waals surface area contributed by atoms with Crippen LogP contribution in [0.15, 0.2) is 192 Å². The van der Waals surface area contributed by atoms with Crippen LogP contribution in [0.4, 0.5) is 0 Å². The van der Waals surface area contributed by atoms with Gasteiger partial charge in [-0.15, -0.1) is 0 Å². The van der Waals surface area contributed by atoms with Crippen LogP contribution in [0.5, 0.6) is 0 Å². The minimum absolute atomic E-state index is 0.602. The van der Waals surface area contributed by atoms with Crippen LogP contribution >= 0.6 is 0 Å². The maximum Gasteiger partial charge on any atom is 0.164 e. The lowest BCUT2D eigenvalue weighted by Crippen LogP contribution is -2.01. The van der Waals surface area contributed by atoms with E-state index in [1.54, 1.807) is 0 Å². The van der Waals surface area contributed by atoms with Crippen LogP contribution in [-0.2, 0) is 0 Å². The summed E-state index contributed by atoms with van der Waals surface area (Å²) in [6.07, 6.45) is 0. The zero-order chi connectivity index (χ0) is 37.5. The van der Waals surface area contributed by atoms with Crippen molar-refractivity contribution in [2.24, 2.45) is 0 Å². The molecule has 0 saturated carbocycles. The normalized spacial score (nSPS) is 11.9. The summed E-state index contributed by atoms with van der Waals surface area (Å²) in [4.78, 5) is 15.1. The Kier molecular flexibility index (Phi) is 6.83. The molecule has 4 heterocycles. The van der Waals surface area contributed by atoms with Crippen molar-refractivity contribution in [3.05, 3.63) is 188 Å². The third kappa shape index (κ3) is 4.87. The Bertz CT molecular complexity index is 3410. The molecule has 6 nitrogen and oxygen atoms in total. The lowest BCUT2D eigenvalue weighted by molar-refractivity contribution is 0.671. The van der Waals surface area contributed by atoms with E-state index in [9.17, 15) is 0 Å². The molecule has 57 heavy (non-hydrogen) atoms. The van der Waals surface area contributed by atoms with Crippen LogP contribution in [0.3, 0.4) is 0 Å². The monoisotopic (exact) mass is 729 g/mol. The first kappa shape index (κ1) is 31.5. The quantitative estimate of drug-likeness (QED) is 0.177. The highest BCUT2D eigenvalue weighted by Gasteiger charge is 2.22. The van der Waals surface area contributed by atoms with E-state index in [2.05, 4.69) is 124 Å². The van der Waals surface area contributed by atoms with Gasteiger partial charge in [-0.3, -0.25) is 0 Å². The maximum absolute atomic E-state index is 6.76. The van der Waals surface area contributed by atoms with E-state index in [0.717, 1.165) is 71.8 Å². The molecule has 0 amide bonds. The maximum atomic E-state index is 6.76. The Labute approximate surface area is 326 Å².